The highest BCUT2D eigenvalue weighted by atomic mass is 32.1. The van der Waals surface area contributed by atoms with Crippen LogP contribution in [0.15, 0.2) is 18.2 Å². The third-order valence-corrected chi connectivity index (χ3v) is 4.55. The van der Waals surface area contributed by atoms with Gasteiger partial charge in [0.1, 0.15) is 5.01 Å². The maximum atomic E-state index is 12.0. The van der Waals surface area contributed by atoms with E-state index in [1.165, 1.54) is 29.7 Å². The molecule has 3 rings (SSSR count). The lowest BCUT2D eigenvalue weighted by molar-refractivity contribution is 0.262. The minimum atomic E-state index is -0.273. The average Bonchev–Trinajstić information content (AvgIpc) is 3.22. The number of hydrogen-bond donors (Lipinski definition) is 2. The fourth-order valence-corrected chi connectivity index (χ4v) is 2.96. The number of benzene rings is 1. The first-order chi connectivity index (χ1) is 10.2. The van der Waals surface area contributed by atoms with E-state index in [9.17, 15) is 4.79 Å². The molecule has 0 atom stereocenters. The van der Waals surface area contributed by atoms with Gasteiger partial charge in [-0.15, -0.1) is 10.2 Å². The van der Waals surface area contributed by atoms with Crippen molar-refractivity contribution in [3.63, 3.8) is 0 Å². The Hall–Kier alpha value is -1.95. The monoisotopic (exact) mass is 302 g/mol. The summed E-state index contributed by atoms with van der Waals surface area (Å²) in [5.41, 5.74) is 3.07. The summed E-state index contributed by atoms with van der Waals surface area (Å²) in [5.74, 6) is 0.560. The number of rotatable bonds is 4. The SMILES string of the molecule is CCc1ccc(C)c(NC(=O)Nc2nnc(C3CC3)s2)c1. The Morgan fingerprint density at radius 1 is 1.33 bits per heavy atom. The zero-order valence-corrected chi connectivity index (χ0v) is 13.0. The molecule has 1 aliphatic rings. The third kappa shape index (κ3) is 3.39. The van der Waals surface area contributed by atoms with E-state index in [-0.39, 0.29) is 6.03 Å². The predicted octanol–water partition coefficient (Wildman–Crippen LogP) is 3.93. The standard InChI is InChI=1S/C15H18N4OS/c1-3-10-5-4-9(2)12(8-10)16-14(20)17-15-19-18-13(21-15)11-6-7-11/h4-5,8,11H,3,6-7H2,1-2H3,(H2,16,17,19,20). The molecule has 1 fully saturated rings. The van der Waals surface area contributed by atoms with E-state index in [0.29, 0.717) is 11.0 Å². The molecule has 1 aliphatic carbocycles. The third-order valence-electron chi connectivity index (χ3n) is 3.55. The number of anilines is 2. The number of carbonyl (C=O) groups excluding carboxylic acids is 1. The van der Waals surface area contributed by atoms with Crippen LogP contribution in [0.25, 0.3) is 0 Å². The zero-order valence-electron chi connectivity index (χ0n) is 12.1. The predicted molar refractivity (Wildman–Crippen MR) is 85.1 cm³/mol. The van der Waals surface area contributed by atoms with Gasteiger partial charge in [0.2, 0.25) is 5.13 Å². The first-order valence-electron chi connectivity index (χ1n) is 7.16. The van der Waals surface area contributed by atoms with Crippen LogP contribution < -0.4 is 10.6 Å². The van der Waals surface area contributed by atoms with Gasteiger partial charge in [0.25, 0.3) is 0 Å². The highest BCUT2D eigenvalue weighted by molar-refractivity contribution is 7.15. The van der Waals surface area contributed by atoms with E-state index < -0.39 is 0 Å². The second-order valence-electron chi connectivity index (χ2n) is 5.30. The van der Waals surface area contributed by atoms with Crippen molar-refractivity contribution in [3.8, 4) is 0 Å². The number of hydrogen-bond acceptors (Lipinski definition) is 4. The van der Waals surface area contributed by atoms with Crippen LogP contribution in [0, 0.1) is 6.92 Å². The summed E-state index contributed by atoms with van der Waals surface area (Å²) in [6.07, 6.45) is 3.31. The molecule has 1 aromatic heterocycles. The molecule has 1 aromatic carbocycles. The molecule has 110 valence electrons. The summed E-state index contributed by atoms with van der Waals surface area (Å²) in [4.78, 5) is 12.0. The Labute approximate surface area is 127 Å². The molecule has 1 heterocycles. The summed E-state index contributed by atoms with van der Waals surface area (Å²) >= 11 is 1.46. The Morgan fingerprint density at radius 2 is 2.14 bits per heavy atom. The van der Waals surface area contributed by atoms with Gasteiger partial charge in [-0.1, -0.05) is 30.4 Å². The van der Waals surface area contributed by atoms with Gasteiger partial charge in [0.15, 0.2) is 0 Å². The molecule has 2 N–H and O–H groups in total. The molecule has 0 radical (unpaired) electrons. The lowest BCUT2D eigenvalue weighted by atomic mass is 10.1. The molecule has 2 aromatic rings. The van der Waals surface area contributed by atoms with Crippen molar-refractivity contribution in [2.24, 2.45) is 0 Å². The molecule has 0 saturated heterocycles. The van der Waals surface area contributed by atoms with E-state index in [0.717, 1.165) is 22.7 Å². The summed E-state index contributed by atoms with van der Waals surface area (Å²) < 4.78 is 0. The second-order valence-corrected chi connectivity index (χ2v) is 6.31. The minimum Gasteiger partial charge on any atom is -0.307 e. The highest BCUT2D eigenvalue weighted by Gasteiger charge is 2.27. The van der Waals surface area contributed by atoms with Crippen LogP contribution in [0.1, 0.15) is 41.8 Å². The molecule has 5 nitrogen and oxygen atoms in total. The van der Waals surface area contributed by atoms with Gasteiger partial charge in [-0.2, -0.15) is 0 Å². The van der Waals surface area contributed by atoms with Crippen molar-refractivity contribution in [1.82, 2.24) is 10.2 Å². The van der Waals surface area contributed by atoms with Crippen molar-refractivity contribution in [2.45, 2.75) is 39.0 Å². The van der Waals surface area contributed by atoms with E-state index in [2.05, 4.69) is 33.8 Å². The fraction of sp³-hybridized carbons (Fsp3) is 0.400. The maximum Gasteiger partial charge on any atom is 0.325 e. The number of urea groups is 1. The van der Waals surface area contributed by atoms with Crippen LogP contribution in [0.4, 0.5) is 15.6 Å². The van der Waals surface area contributed by atoms with Crippen molar-refractivity contribution >= 4 is 28.2 Å². The van der Waals surface area contributed by atoms with Gasteiger partial charge < -0.3 is 5.32 Å². The number of nitrogens with zero attached hydrogens (tertiary/aromatic N) is 2. The molecule has 0 aliphatic heterocycles. The quantitative estimate of drug-likeness (QED) is 0.899. The van der Waals surface area contributed by atoms with Gasteiger partial charge in [0, 0.05) is 11.6 Å². The first kappa shape index (κ1) is 14.0. The topological polar surface area (TPSA) is 66.9 Å². The molecule has 0 unspecified atom stereocenters. The van der Waals surface area contributed by atoms with Crippen molar-refractivity contribution in [3.05, 3.63) is 34.3 Å². The first-order valence-corrected chi connectivity index (χ1v) is 7.98. The second kappa shape index (κ2) is 5.81. The zero-order chi connectivity index (χ0) is 14.8. The van der Waals surface area contributed by atoms with Gasteiger partial charge in [0.05, 0.1) is 0 Å². The Morgan fingerprint density at radius 3 is 2.86 bits per heavy atom. The Balaban J connectivity index is 1.65. The van der Waals surface area contributed by atoms with Crippen molar-refractivity contribution < 1.29 is 4.79 Å². The molecule has 2 amide bonds. The molecular weight excluding hydrogens is 284 g/mol. The molecule has 0 bridgehead atoms. The smallest absolute Gasteiger partial charge is 0.307 e. The summed E-state index contributed by atoms with van der Waals surface area (Å²) in [6.45, 7) is 4.07. The average molecular weight is 302 g/mol. The van der Waals surface area contributed by atoms with Crippen LogP contribution in [-0.4, -0.2) is 16.2 Å². The van der Waals surface area contributed by atoms with E-state index in [4.69, 9.17) is 0 Å². The van der Waals surface area contributed by atoms with Crippen molar-refractivity contribution in [1.29, 1.82) is 0 Å². The number of aryl methyl sites for hydroxylation is 2. The molecule has 1 saturated carbocycles. The number of amides is 2. The lowest BCUT2D eigenvalue weighted by Gasteiger charge is -2.09. The summed E-state index contributed by atoms with van der Waals surface area (Å²) in [5, 5.41) is 15.3. The van der Waals surface area contributed by atoms with E-state index >= 15 is 0 Å². The molecule has 6 heteroatoms. The Bertz CT molecular complexity index is 663. The molecule has 0 spiro atoms. The van der Waals surface area contributed by atoms with Crippen LogP contribution in [0.5, 0.6) is 0 Å². The molecular formula is C15H18N4OS. The lowest BCUT2D eigenvalue weighted by Crippen LogP contribution is -2.20. The van der Waals surface area contributed by atoms with E-state index in [1.54, 1.807) is 0 Å². The van der Waals surface area contributed by atoms with Crippen LogP contribution >= 0.6 is 11.3 Å². The largest absolute Gasteiger partial charge is 0.325 e. The van der Waals surface area contributed by atoms with Gasteiger partial charge in [-0.25, -0.2) is 4.79 Å². The van der Waals surface area contributed by atoms with Gasteiger partial charge >= 0.3 is 6.03 Å². The van der Waals surface area contributed by atoms with Crippen LogP contribution in [0.3, 0.4) is 0 Å². The van der Waals surface area contributed by atoms with E-state index in [1.807, 2.05) is 19.1 Å². The normalized spacial score (nSPS) is 14.0. The maximum absolute atomic E-state index is 12.0. The summed E-state index contributed by atoms with van der Waals surface area (Å²) in [7, 11) is 0. The minimum absolute atomic E-state index is 0.273. The highest BCUT2D eigenvalue weighted by Crippen LogP contribution is 2.42. The fourth-order valence-electron chi connectivity index (χ4n) is 2.05. The van der Waals surface area contributed by atoms with Gasteiger partial charge in [-0.3, -0.25) is 5.32 Å². The van der Waals surface area contributed by atoms with Crippen molar-refractivity contribution in [2.75, 3.05) is 10.6 Å². The molecule has 21 heavy (non-hydrogen) atoms. The number of nitrogens with one attached hydrogen (secondary N) is 2. The Kier molecular flexibility index (Phi) is 3.88. The van der Waals surface area contributed by atoms with Crippen LogP contribution in [-0.2, 0) is 6.42 Å². The van der Waals surface area contributed by atoms with Gasteiger partial charge in [-0.05, 0) is 43.4 Å². The number of aromatic nitrogens is 2. The van der Waals surface area contributed by atoms with Crippen LogP contribution in [0.2, 0.25) is 0 Å². The number of carbonyl (C=O) groups is 1. The summed E-state index contributed by atoms with van der Waals surface area (Å²) in [6, 6.07) is 5.82.